The van der Waals surface area contributed by atoms with Gasteiger partial charge < -0.3 is 5.11 Å². The second-order valence-electron chi connectivity index (χ2n) is 4.33. The van der Waals surface area contributed by atoms with E-state index in [1.165, 1.54) is 0 Å². The molecule has 4 heteroatoms. The van der Waals surface area contributed by atoms with Gasteiger partial charge in [0.1, 0.15) is 0 Å². The molecule has 3 nitrogen and oxygen atoms in total. The van der Waals surface area contributed by atoms with E-state index in [-0.39, 0.29) is 5.75 Å². The van der Waals surface area contributed by atoms with Crippen molar-refractivity contribution in [2.24, 2.45) is 11.3 Å². The lowest BCUT2D eigenvalue weighted by Crippen LogP contribution is -2.31. The molecule has 0 aromatic rings. The minimum atomic E-state index is -1.02. The van der Waals surface area contributed by atoms with Gasteiger partial charge in [0.25, 0.3) is 0 Å². The van der Waals surface area contributed by atoms with Crippen molar-refractivity contribution in [1.29, 1.82) is 0 Å². The number of hydrogen-bond donors (Lipinski definition) is 1. The van der Waals surface area contributed by atoms with Crippen molar-refractivity contribution in [3.8, 4) is 0 Å². The quantitative estimate of drug-likeness (QED) is 0.741. The normalized spacial score (nSPS) is 14.5. The van der Waals surface area contributed by atoms with E-state index < -0.39 is 22.2 Å². The van der Waals surface area contributed by atoms with Crippen LogP contribution in [0.1, 0.15) is 27.7 Å². The van der Waals surface area contributed by atoms with Crippen LogP contribution in [0.25, 0.3) is 0 Å². The molecule has 0 saturated heterocycles. The van der Waals surface area contributed by atoms with Crippen LogP contribution in [-0.4, -0.2) is 26.8 Å². The van der Waals surface area contributed by atoms with E-state index in [1.54, 1.807) is 13.8 Å². The highest BCUT2D eigenvalue weighted by Gasteiger charge is 2.29. The Kier molecular flexibility index (Phi) is 4.61. The summed E-state index contributed by atoms with van der Waals surface area (Å²) in [5.74, 6) is 0.284. The first kappa shape index (κ1) is 12.6. The third-order valence-electron chi connectivity index (χ3n) is 1.62. The molecule has 0 radical (unpaired) electrons. The van der Waals surface area contributed by atoms with Crippen LogP contribution in [0.5, 0.6) is 0 Å². The van der Waals surface area contributed by atoms with Gasteiger partial charge in [-0.1, -0.05) is 13.8 Å². The van der Waals surface area contributed by atoms with Gasteiger partial charge in [0.2, 0.25) is 0 Å². The highest BCUT2D eigenvalue weighted by atomic mass is 32.2. The Balaban J connectivity index is 4.12. The summed E-state index contributed by atoms with van der Waals surface area (Å²) in [6.07, 6.45) is 0. The Morgan fingerprint density at radius 1 is 1.46 bits per heavy atom. The largest absolute Gasteiger partial charge is 0.481 e. The van der Waals surface area contributed by atoms with Gasteiger partial charge in [-0.05, 0) is 19.8 Å². The topological polar surface area (TPSA) is 54.4 Å². The number of rotatable bonds is 5. The van der Waals surface area contributed by atoms with Crippen molar-refractivity contribution < 1.29 is 14.1 Å². The lowest BCUT2D eigenvalue weighted by molar-refractivity contribution is -0.145. The van der Waals surface area contributed by atoms with Crippen LogP contribution >= 0.6 is 0 Å². The highest BCUT2D eigenvalue weighted by Crippen LogP contribution is 2.17. The molecule has 0 fully saturated rings. The minimum Gasteiger partial charge on any atom is -0.481 e. The van der Waals surface area contributed by atoms with Crippen LogP contribution in [0.2, 0.25) is 0 Å². The van der Waals surface area contributed by atoms with Crippen molar-refractivity contribution in [1.82, 2.24) is 0 Å². The molecular weight excluding hydrogens is 188 g/mol. The maximum atomic E-state index is 11.4. The molecule has 0 aromatic carbocycles. The van der Waals surface area contributed by atoms with E-state index in [0.717, 1.165) is 0 Å². The van der Waals surface area contributed by atoms with Crippen LogP contribution < -0.4 is 0 Å². The first-order valence-corrected chi connectivity index (χ1v) is 5.83. The maximum absolute atomic E-state index is 11.4. The van der Waals surface area contributed by atoms with Crippen LogP contribution in [-0.2, 0) is 15.6 Å². The van der Waals surface area contributed by atoms with Crippen molar-refractivity contribution in [3.63, 3.8) is 0 Å². The van der Waals surface area contributed by atoms with Crippen LogP contribution in [0.3, 0.4) is 0 Å². The Morgan fingerprint density at radius 2 is 1.92 bits per heavy atom. The molecule has 0 bridgehead atoms. The smallest absolute Gasteiger partial charge is 0.310 e. The molecule has 0 aromatic heterocycles. The third kappa shape index (κ3) is 5.03. The van der Waals surface area contributed by atoms with E-state index in [0.29, 0.717) is 11.7 Å². The summed E-state index contributed by atoms with van der Waals surface area (Å²) < 4.78 is 11.4. The first-order valence-electron chi connectivity index (χ1n) is 4.34. The fourth-order valence-corrected chi connectivity index (χ4v) is 2.68. The van der Waals surface area contributed by atoms with E-state index in [2.05, 4.69) is 0 Å². The Morgan fingerprint density at radius 3 is 2.23 bits per heavy atom. The fraction of sp³-hybridized carbons (Fsp3) is 0.889. The second kappa shape index (κ2) is 4.74. The van der Waals surface area contributed by atoms with Crippen LogP contribution in [0, 0.1) is 11.3 Å². The standard InChI is InChI=1S/C9H18O3S/c1-7(2)5-13(12)6-9(3,4)8(10)11/h7H,5-6H2,1-4H3,(H,10,11). The van der Waals surface area contributed by atoms with Gasteiger partial charge in [-0.3, -0.25) is 9.00 Å². The molecule has 1 atom stereocenters. The number of carboxylic acid groups (broad SMARTS) is 1. The molecule has 0 amide bonds. The monoisotopic (exact) mass is 206 g/mol. The van der Waals surface area contributed by atoms with Gasteiger partial charge in [-0.2, -0.15) is 0 Å². The van der Waals surface area contributed by atoms with Crippen LogP contribution in [0.4, 0.5) is 0 Å². The molecule has 78 valence electrons. The van der Waals surface area contributed by atoms with E-state index >= 15 is 0 Å². The maximum Gasteiger partial charge on any atom is 0.310 e. The molecule has 13 heavy (non-hydrogen) atoms. The lowest BCUT2D eigenvalue weighted by atomic mass is 9.97. The summed E-state index contributed by atoms with van der Waals surface area (Å²) in [5.41, 5.74) is -0.875. The number of hydrogen-bond acceptors (Lipinski definition) is 2. The molecule has 0 saturated carbocycles. The fourth-order valence-electron chi connectivity index (χ4n) is 0.895. The number of carbonyl (C=O) groups is 1. The van der Waals surface area contributed by atoms with Crippen molar-refractivity contribution in [2.75, 3.05) is 11.5 Å². The highest BCUT2D eigenvalue weighted by molar-refractivity contribution is 7.85. The zero-order valence-electron chi connectivity index (χ0n) is 8.66. The van der Waals surface area contributed by atoms with Crippen LogP contribution in [0.15, 0.2) is 0 Å². The molecule has 0 rings (SSSR count). The SMILES string of the molecule is CC(C)CS(=O)CC(C)(C)C(=O)O. The summed E-state index contributed by atoms with van der Waals surface area (Å²) in [6.45, 7) is 7.17. The second-order valence-corrected chi connectivity index (χ2v) is 5.84. The number of carboxylic acids is 1. The van der Waals surface area contributed by atoms with Gasteiger partial charge >= 0.3 is 5.97 Å². The van der Waals surface area contributed by atoms with E-state index in [9.17, 15) is 9.00 Å². The van der Waals surface area contributed by atoms with Crippen molar-refractivity contribution in [3.05, 3.63) is 0 Å². The molecule has 1 unspecified atom stereocenters. The average Bonchev–Trinajstić information content (AvgIpc) is 1.82. The van der Waals surface area contributed by atoms with Crippen molar-refractivity contribution in [2.45, 2.75) is 27.7 Å². The van der Waals surface area contributed by atoms with Gasteiger partial charge in [-0.15, -0.1) is 0 Å². The average molecular weight is 206 g/mol. The molecule has 0 heterocycles. The van der Waals surface area contributed by atoms with E-state index in [1.807, 2.05) is 13.8 Å². The van der Waals surface area contributed by atoms with Crippen molar-refractivity contribution >= 4 is 16.8 Å². The third-order valence-corrected chi connectivity index (χ3v) is 3.70. The van der Waals surface area contributed by atoms with Gasteiger partial charge in [0, 0.05) is 22.3 Å². The predicted molar refractivity (Wildman–Crippen MR) is 54.1 cm³/mol. The Hall–Kier alpha value is -0.380. The molecule has 0 aliphatic heterocycles. The molecule has 0 spiro atoms. The first-order chi connectivity index (χ1) is 5.75. The summed E-state index contributed by atoms with van der Waals surface area (Å²) in [6, 6.07) is 0. The van der Waals surface area contributed by atoms with Gasteiger partial charge in [0.05, 0.1) is 5.41 Å². The van der Waals surface area contributed by atoms with Gasteiger partial charge in [0.15, 0.2) is 0 Å². The molecular formula is C9H18O3S. The predicted octanol–water partition coefficient (Wildman–Crippen LogP) is 1.50. The minimum absolute atomic E-state index is 0.237. The molecule has 1 N–H and O–H groups in total. The van der Waals surface area contributed by atoms with Gasteiger partial charge in [-0.25, -0.2) is 0 Å². The lowest BCUT2D eigenvalue weighted by Gasteiger charge is -2.18. The van der Waals surface area contributed by atoms with E-state index in [4.69, 9.17) is 5.11 Å². The molecule has 0 aliphatic carbocycles. The Labute approximate surface area is 82.0 Å². The summed E-state index contributed by atoms with van der Waals surface area (Å²) in [4.78, 5) is 10.7. The zero-order valence-corrected chi connectivity index (χ0v) is 9.48. The summed E-state index contributed by atoms with van der Waals surface area (Å²) in [5, 5.41) is 8.79. The number of aliphatic carboxylic acids is 1. The summed E-state index contributed by atoms with van der Waals surface area (Å²) in [7, 11) is -1.02. The Bertz CT molecular complexity index is 209. The molecule has 0 aliphatic rings. The zero-order chi connectivity index (χ0) is 10.6. The summed E-state index contributed by atoms with van der Waals surface area (Å²) >= 11 is 0.